The predicted molar refractivity (Wildman–Crippen MR) is 128 cm³/mol. The number of carboxylic acids is 1. The number of anilines is 2. The number of hydrogen-bond acceptors (Lipinski definition) is 7. The van der Waals surface area contributed by atoms with Gasteiger partial charge in [-0.25, -0.2) is 0 Å². The highest BCUT2D eigenvalue weighted by Gasteiger charge is 2.22. The number of aliphatic hydroxyl groups is 1. The molecule has 0 saturated heterocycles. The number of halogens is 2. The first-order valence-electron chi connectivity index (χ1n) is 10.2. The lowest BCUT2D eigenvalue weighted by atomic mass is 9.98. The Morgan fingerprint density at radius 3 is 2.76 bits per heavy atom. The number of aryl methyl sites for hydroxylation is 1. The number of nitrogens with one attached hydrogen (secondary N) is 4. The summed E-state index contributed by atoms with van der Waals surface area (Å²) in [4.78, 5) is 28.2. The van der Waals surface area contributed by atoms with E-state index in [1.165, 1.54) is 0 Å². The van der Waals surface area contributed by atoms with E-state index >= 15 is 0 Å². The molecule has 1 aliphatic heterocycles. The minimum atomic E-state index is -1.06. The van der Waals surface area contributed by atoms with Crippen LogP contribution in [0.3, 0.4) is 0 Å². The summed E-state index contributed by atoms with van der Waals surface area (Å²) in [5.74, 6) is -0.225. The number of nitrogens with zero attached hydrogens (tertiary/aromatic N) is 2. The Balaban J connectivity index is 1.63. The summed E-state index contributed by atoms with van der Waals surface area (Å²) < 4.78 is 1.80. The van der Waals surface area contributed by atoms with Crippen LogP contribution in [0.1, 0.15) is 23.6 Å². The molecule has 0 fully saturated rings. The van der Waals surface area contributed by atoms with E-state index in [2.05, 4.69) is 26.3 Å². The topological polar surface area (TPSA) is 140 Å². The molecule has 1 aromatic heterocycles. The summed E-state index contributed by atoms with van der Waals surface area (Å²) in [6.45, 7) is 2.41. The summed E-state index contributed by atoms with van der Waals surface area (Å²) >= 11 is 12.3. The van der Waals surface area contributed by atoms with Gasteiger partial charge in [0, 0.05) is 35.9 Å². The van der Waals surface area contributed by atoms with Crippen LogP contribution in [0.2, 0.25) is 10.0 Å². The van der Waals surface area contributed by atoms with Crippen molar-refractivity contribution in [3.05, 3.63) is 45.6 Å². The van der Waals surface area contributed by atoms with E-state index in [4.69, 9.17) is 23.2 Å². The molecule has 1 unspecified atom stereocenters. The first-order valence-corrected chi connectivity index (χ1v) is 11.0. The summed E-state index contributed by atoms with van der Waals surface area (Å²) in [5, 5.41) is 31.5. The molecule has 178 valence electrons. The van der Waals surface area contributed by atoms with Crippen LogP contribution in [-0.4, -0.2) is 58.4 Å². The molecule has 6 N–H and O–H groups in total. The molecule has 2 heterocycles. The number of hydrogen-bond donors (Lipinski definition) is 6. The number of carbonyl (C=O) groups excluding carboxylic acids is 1. The van der Waals surface area contributed by atoms with Crippen LogP contribution in [0, 0.1) is 6.92 Å². The number of aliphatic imine (C=N–C) groups is 1. The fourth-order valence-corrected chi connectivity index (χ4v) is 3.93. The number of carbonyl (C=O) groups is 2. The van der Waals surface area contributed by atoms with Gasteiger partial charge in [0.05, 0.1) is 37.3 Å². The Hall–Kier alpha value is -2.95. The van der Waals surface area contributed by atoms with Gasteiger partial charge in [0.15, 0.2) is 5.96 Å². The van der Waals surface area contributed by atoms with E-state index in [0.717, 1.165) is 5.69 Å². The maximum absolute atomic E-state index is 12.6. The maximum atomic E-state index is 12.6. The standard InChI is InChI=1S/C21H26Cl2N6O4/c1-11-15(3-12(22)4-16(11)23)17(6-20(32)33)28-19(31)9-24-18-5-13(10-29(18)2)27-21-25-7-14(30)8-26-21/h3-5,10,14,17,24,30H,6-9H2,1-2H3,(H,28,31)(H,32,33)(H2,25,26,27)/t17-/m0/s1. The van der Waals surface area contributed by atoms with Crippen molar-refractivity contribution in [1.29, 1.82) is 0 Å². The first kappa shape index (κ1) is 24.7. The van der Waals surface area contributed by atoms with Gasteiger partial charge in [-0.05, 0) is 30.2 Å². The van der Waals surface area contributed by atoms with Crippen molar-refractivity contribution in [1.82, 2.24) is 15.2 Å². The Morgan fingerprint density at radius 2 is 2.09 bits per heavy atom. The van der Waals surface area contributed by atoms with Crippen LogP contribution in [0.4, 0.5) is 11.5 Å². The summed E-state index contributed by atoms with van der Waals surface area (Å²) in [7, 11) is 1.82. The normalized spacial score (nSPS) is 16.4. The van der Waals surface area contributed by atoms with E-state index in [0.29, 0.717) is 46.0 Å². The number of β-amino-alcohol motifs (C(OH)–C–C–N with tert-alkyl or cyclic N) is 1. The molecule has 2 atom stereocenters. The third kappa shape index (κ3) is 6.77. The number of aliphatic carboxylic acids is 1. The molecule has 1 amide bonds. The second kappa shape index (κ2) is 10.8. The summed E-state index contributed by atoms with van der Waals surface area (Å²) in [6, 6.07) is 4.20. The fraction of sp³-hybridized carbons (Fsp3) is 0.381. The van der Waals surface area contributed by atoms with E-state index in [1.54, 1.807) is 29.7 Å². The molecule has 3 rings (SSSR count). The number of aliphatic hydroxyl groups excluding tert-OH is 1. The Morgan fingerprint density at radius 1 is 1.33 bits per heavy atom. The number of aromatic nitrogens is 1. The Bertz CT molecular complexity index is 1070. The molecule has 1 aromatic carbocycles. The van der Waals surface area contributed by atoms with Crippen LogP contribution in [0.5, 0.6) is 0 Å². The molecule has 12 heteroatoms. The molecule has 0 spiro atoms. The third-order valence-corrected chi connectivity index (χ3v) is 5.71. The van der Waals surface area contributed by atoms with Gasteiger partial charge in [-0.1, -0.05) is 23.2 Å². The highest BCUT2D eigenvalue weighted by Crippen LogP contribution is 2.30. The number of benzene rings is 1. The van der Waals surface area contributed by atoms with Crippen molar-refractivity contribution in [2.75, 3.05) is 30.3 Å². The highest BCUT2D eigenvalue weighted by atomic mass is 35.5. The minimum absolute atomic E-state index is 0.0772. The summed E-state index contributed by atoms with van der Waals surface area (Å²) in [5.41, 5.74) is 1.96. The largest absolute Gasteiger partial charge is 0.481 e. The number of amides is 1. The number of carboxylic acid groups (broad SMARTS) is 1. The van der Waals surface area contributed by atoms with Crippen LogP contribution in [-0.2, 0) is 16.6 Å². The van der Waals surface area contributed by atoms with E-state index in [9.17, 15) is 19.8 Å². The van der Waals surface area contributed by atoms with Crippen LogP contribution >= 0.6 is 23.2 Å². The van der Waals surface area contributed by atoms with Gasteiger partial charge in [0.25, 0.3) is 0 Å². The van der Waals surface area contributed by atoms with Crippen molar-refractivity contribution in [2.24, 2.45) is 12.0 Å². The second-order valence-corrected chi connectivity index (χ2v) is 8.59. The quantitative estimate of drug-likeness (QED) is 0.328. The van der Waals surface area contributed by atoms with Gasteiger partial charge in [0.1, 0.15) is 5.82 Å². The van der Waals surface area contributed by atoms with Crippen LogP contribution in [0.25, 0.3) is 0 Å². The summed E-state index contributed by atoms with van der Waals surface area (Å²) in [6.07, 6.45) is 1.00. The van der Waals surface area contributed by atoms with E-state index in [1.807, 2.05) is 13.2 Å². The lowest BCUT2D eigenvalue weighted by Crippen LogP contribution is -2.42. The Labute approximate surface area is 201 Å². The lowest BCUT2D eigenvalue weighted by molar-refractivity contribution is -0.137. The fourth-order valence-electron chi connectivity index (χ4n) is 3.42. The zero-order valence-electron chi connectivity index (χ0n) is 18.2. The lowest BCUT2D eigenvalue weighted by Gasteiger charge is -2.21. The van der Waals surface area contributed by atoms with Crippen molar-refractivity contribution in [3.63, 3.8) is 0 Å². The molecule has 0 radical (unpaired) electrons. The van der Waals surface area contributed by atoms with Gasteiger partial charge in [0.2, 0.25) is 5.91 Å². The predicted octanol–water partition coefficient (Wildman–Crippen LogP) is 2.12. The van der Waals surface area contributed by atoms with E-state index in [-0.39, 0.29) is 18.9 Å². The van der Waals surface area contributed by atoms with Crippen LogP contribution in [0.15, 0.2) is 29.4 Å². The molecule has 0 saturated carbocycles. The van der Waals surface area contributed by atoms with Gasteiger partial charge < -0.3 is 36.0 Å². The van der Waals surface area contributed by atoms with Gasteiger partial charge >= 0.3 is 5.97 Å². The molecule has 2 aromatic rings. The third-order valence-electron chi connectivity index (χ3n) is 5.10. The monoisotopic (exact) mass is 496 g/mol. The molecule has 1 aliphatic rings. The second-order valence-electron chi connectivity index (χ2n) is 7.75. The van der Waals surface area contributed by atoms with Crippen molar-refractivity contribution in [2.45, 2.75) is 25.5 Å². The first-order chi connectivity index (χ1) is 15.6. The van der Waals surface area contributed by atoms with Crippen molar-refractivity contribution < 1.29 is 19.8 Å². The minimum Gasteiger partial charge on any atom is -0.481 e. The highest BCUT2D eigenvalue weighted by molar-refractivity contribution is 6.35. The molecule has 10 nitrogen and oxygen atoms in total. The molecule has 33 heavy (non-hydrogen) atoms. The van der Waals surface area contributed by atoms with Gasteiger partial charge in [-0.3, -0.25) is 14.6 Å². The molecular weight excluding hydrogens is 471 g/mol. The molecule has 0 bridgehead atoms. The maximum Gasteiger partial charge on any atom is 0.305 e. The molecular formula is C21H26Cl2N6O4. The zero-order valence-corrected chi connectivity index (χ0v) is 19.7. The van der Waals surface area contributed by atoms with Gasteiger partial charge in [-0.15, -0.1) is 0 Å². The van der Waals surface area contributed by atoms with Gasteiger partial charge in [-0.2, -0.15) is 0 Å². The zero-order chi connectivity index (χ0) is 24.1. The van der Waals surface area contributed by atoms with Crippen LogP contribution < -0.4 is 21.3 Å². The number of rotatable bonds is 8. The smallest absolute Gasteiger partial charge is 0.305 e. The van der Waals surface area contributed by atoms with Crippen molar-refractivity contribution >= 4 is 52.5 Å². The Kier molecular flexibility index (Phi) is 8.06. The SMILES string of the molecule is Cc1c(Cl)cc(Cl)cc1[C@H](CC(=O)O)NC(=O)CNc1cc(NC2=NCC(O)CN2)cn1C. The molecule has 0 aliphatic carbocycles. The van der Waals surface area contributed by atoms with Crippen molar-refractivity contribution in [3.8, 4) is 0 Å². The average Bonchev–Trinajstić information content (AvgIpc) is 3.09. The van der Waals surface area contributed by atoms with E-state index < -0.39 is 18.1 Å². The number of guanidine groups is 1. The average molecular weight is 497 g/mol.